The third-order valence-electron chi connectivity index (χ3n) is 7.90. The Balaban J connectivity index is 1.28. The predicted molar refractivity (Wildman–Crippen MR) is 170 cm³/mol. The van der Waals surface area contributed by atoms with E-state index in [1.807, 2.05) is 11.9 Å². The van der Waals surface area contributed by atoms with E-state index in [4.69, 9.17) is 0 Å². The first kappa shape index (κ1) is 26.1. The number of benzene rings is 5. The van der Waals surface area contributed by atoms with Crippen LogP contribution in [0.4, 0.5) is 28.4 Å². The van der Waals surface area contributed by atoms with Crippen molar-refractivity contribution in [2.24, 2.45) is 0 Å². The highest BCUT2D eigenvalue weighted by molar-refractivity contribution is 5.87. The zero-order valence-electron chi connectivity index (χ0n) is 23.1. The van der Waals surface area contributed by atoms with Gasteiger partial charge in [-0.05, 0) is 83.8 Å². The molecule has 5 heteroatoms. The van der Waals surface area contributed by atoms with Crippen molar-refractivity contribution in [1.82, 2.24) is 0 Å². The van der Waals surface area contributed by atoms with E-state index in [1.54, 1.807) is 12.1 Å². The van der Waals surface area contributed by atoms with Crippen LogP contribution < -0.4 is 9.80 Å². The molecule has 1 unspecified atom stereocenters. The van der Waals surface area contributed by atoms with Gasteiger partial charge in [0.05, 0.1) is 10.5 Å². The number of hydrogen-bond donors (Lipinski definition) is 0. The van der Waals surface area contributed by atoms with E-state index in [9.17, 15) is 10.1 Å². The van der Waals surface area contributed by atoms with Crippen LogP contribution in [0.2, 0.25) is 0 Å². The summed E-state index contributed by atoms with van der Waals surface area (Å²) in [5.74, 6) is 0. The van der Waals surface area contributed by atoms with Gasteiger partial charge >= 0.3 is 0 Å². The number of non-ortho nitro benzene ring substituents is 1. The summed E-state index contributed by atoms with van der Waals surface area (Å²) < 4.78 is 0. The van der Waals surface area contributed by atoms with Gasteiger partial charge in [-0.3, -0.25) is 10.1 Å². The van der Waals surface area contributed by atoms with Gasteiger partial charge in [-0.2, -0.15) is 0 Å². The smallest absolute Gasteiger partial charge is 0.269 e. The first-order valence-electron chi connectivity index (χ1n) is 13.7. The topological polar surface area (TPSA) is 49.6 Å². The average Bonchev–Trinajstić information content (AvgIpc) is 3.01. The Bertz CT molecular complexity index is 1760. The molecule has 0 bridgehead atoms. The molecule has 0 saturated carbocycles. The van der Waals surface area contributed by atoms with Crippen LogP contribution >= 0.6 is 0 Å². The van der Waals surface area contributed by atoms with Crippen molar-refractivity contribution >= 4 is 39.2 Å². The number of rotatable bonds is 7. The van der Waals surface area contributed by atoms with E-state index in [1.165, 1.54) is 22.9 Å². The van der Waals surface area contributed by atoms with Crippen molar-refractivity contribution in [2.75, 3.05) is 16.8 Å². The number of allylic oxidation sites excluding steroid dienone is 2. The van der Waals surface area contributed by atoms with E-state index < -0.39 is 0 Å². The summed E-state index contributed by atoms with van der Waals surface area (Å²) in [6.07, 6.45) is 9.70. The number of nitro groups is 1. The minimum absolute atomic E-state index is 0.0880. The van der Waals surface area contributed by atoms with Crippen LogP contribution in [-0.2, 0) is 0 Å². The van der Waals surface area contributed by atoms with Crippen LogP contribution in [0.1, 0.15) is 13.3 Å². The fourth-order valence-corrected chi connectivity index (χ4v) is 5.56. The molecule has 5 aromatic rings. The summed E-state index contributed by atoms with van der Waals surface area (Å²) in [7, 11) is 1.96. The van der Waals surface area contributed by atoms with Gasteiger partial charge in [-0.15, -0.1) is 0 Å². The third kappa shape index (κ3) is 5.22. The van der Waals surface area contributed by atoms with Crippen molar-refractivity contribution in [2.45, 2.75) is 18.9 Å². The first-order chi connectivity index (χ1) is 19.9. The lowest BCUT2D eigenvalue weighted by atomic mass is 9.89. The maximum Gasteiger partial charge on any atom is 0.269 e. The number of anilines is 4. The first-order valence-corrected chi connectivity index (χ1v) is 13.7. The molecule has 0 aliphatic heterocycles. The average molecular weight is 538 g/mol. The Morgan fingerprint density at radius 1 is 0.683 bits per heavy atom. The SMILES string of the molecule is CN(c1ccc(-c2ccc(N(c3ccc4ccccc4c3)C3(C)C=CC=CC3)cc2)cc1)c1ccc([N+](=O)[O-])cc1. The fraction of sp³-hybridized carbons (Fsp3) is 0.111. The van der Waals surface area contributed by atoms with Crippen molar-refractivity contribution in [3.05, 3.63) is 150 Å². The highest BCUT2D eigenvalue weighted by Crippen LogP contribution is 2.40. The van der Waals surface area contributed by atoms with Crippen molar-refractivity contribution in [1.29, 1.82) is 0 Å². The lowest BCUT2D eigenvalue weighted by molar-refractivity contribution is -0.384. The maximum absolute atomic E-state index is 11.0. The van der Waals surface area contributed by atoms with Gasteiger partial charge in [0.1, 0.15) is 0 Å². The van der Waals surface area contributed by atoms with Gasteiger partial charge in [0, 0.05) is 41.9 Å². The van der Waals surface area contributed by atoms with Gasteiger partial charge in [-0.1, -0.05) is 78.9 Å². The second-order valence-electron chi connectivity index (χ2n) is 10.6. The van der Waals surface area contributed by atoms with Gasteiger partial charge in [0.15, 0.2) is 0 Å². The second-order valence-corrected chi connectivity index (χ2v) is 10.6. The summed E-state index contributed by atoms with van der Waals surface area (Å²) in [4.78, 5) is 15.1. The van der Waals surface area contributed by atoms with Gasteiger partial charge in [0.2, 0.25) is 0 Å². The summed E-state index contributed by atoms with van der Waals surface area (Å²) in [5, 5.41) is 13.4. The third-order valence-corrected chi connectivity index (χ3v) is 7.90. The van der Waals surface area contributed by atoms with Crippen LogP contribution in [0.3, 0.4) is 0 Å². The summed E-state index contributed by atoms with van der Waals surface area (Å²) in [5.41, 5.74) is 6.36. The Morgan fingerprint density at radius 3 is 1.83 bits per heavy atom. The Morgan fingerprint density at radius 2 is 1.24 bits per heavy atom. The molecule has 0 radical (unpaired) electrons. The van der Waals surface area contributed by atoms with Crippen molar-refractivity contribution in [3.63, 3.8) is 0 Å². The molecule has 5 nitrogen and oxygen atoms in total. The minimum atomic E-state index is -0.381. The lowest BCUT2D eigenvalue weighted by Crippen LogP contribution is -2.42. The van der Waals surface area contributed by atoms with E-state index in [2.05, 4.69) is 127 Å². The molecule has 0 N–H and O–H groups in total. The molecular weight excluding hydrogens is 506 g/mol. The second kappa shape index (κ2) is 10.8. The minimum Gasteiger partial charge on any atom is -0.345 e. The van der Waals surface area contributed by atoms with Gasteiger partial charge in [-0.25, -0.2) is 0 Å². The van der Waals surface area contributed by atoms with E-state index in [0.29, 0.717) is 0 Å². The largest absolute Gasteiger partial charge is 0.345 e. The van der Waals surface area contributed by atoms with E-state index in [-0.39, 0.29) is 16.1 Å². The highest BCUT2D eigenvalue weighted by Gasteiger charge is 2.31. The summed E-state index contributed by atoms with van der Waals surface area (Å²) in [6.45, 7) is 2.29. The molecule has 0 saturated heterocycles. The predicted octanol–water partition coefficient (Wildman–Crippen LogP) is 9.60. The monoisotopic (exact) mass is 537 g/mol. The Kier molecular flexibility index (Phi) is 6.86. The molecule has 5 aromatic carbocycles. The molecule has 0 aromatic heterocycles. The van der Waals surface area contributed by atoms with Crippen molar-refractivity contribution < 1.29 is 4.92 Å². The molecular formula is C36H31N3O2. The molecule has 41 heavy (non-hydrogen) atoms. The molecule has 1 aliphatic rings. The molecule has 1 aliphatic carbocycles. The number of fused-ring (bicyclic) bond motifs is 1. The van der Waals surface area contributed by atoms with Crippen molar-refractivity contribution in [3.8, 4) is 11.1 Å². The maximum atomic E-state index is 11.0. The molecule has 1 atom stereocenters. The highest BCUT2D eigenvalue weighted by atomic mass is 16.6. The van der Waals surface area contributed by atoms with Crippen LogP contribution in [0.15, 0.2) is 140 Å². The van der Waals surface area contributed by atoms with Crippen LogP contribution in [0.5, 0.6) is 0 Å². The Labute approximate surface area is 240 Å². The zero-order chi connectivity index (χ0) is 28.4. The number of hydrogen-bond acceptors (Lipinski definition) is 4. The quantitative estimate of drug-likeness (QED) is 0.153. The normalized spacial score (nSPS) is 16.0. The molecule has 6 rings (SSSR count). The molecule has 0 fully saturated rings. The molecule has 0 amide bonds. The lowest BCUT2D eigenvalue weighted by Gasteiger charge is -2.42. The van der Waals surface area contributed by atoms with Gasteiger partial charge in [0.25, 0.3) is 5.69 Å². The van der Waals surface area contributed by atoms with Gasteiger partial charge < -0.3 is 9.80 Å². The number of nitro benzene ring substituents is 1. The van der Waals surface area contributed by atoms with Crippen LogP contribution in [0.25, 0.3) is 21.9 Å². The standard InChI is InChI=1S/C36H31N3O2/c1-36(24-6-3-7-25-36)38(35-19-14-27-8-4-5-9-30(27)26-35)33-17-12-29(13-18-33)28-10-15-31(16-11-28)37(2)32-20-22-34(23-21-32)39(40)41/h3-24,26H,25H2,1-2H3. The molecule has 0 spiro atoms. The zero-order valence-corrected chi connectivity index (χ0v) is 23.1. The molecule has 202 valence electrons. The summed E-state index contributed by atoms with van der Waals surface area (Å²) >= 11 is 0. The fourth-order valence-electron chi connectivity index (χ4n) is 5.56. The molecule has 0 heterocycles. The van der Waals surface area contributed by atoms with E-state index in [0.717, 1.165) is 40.3 Å². The Hall–Kier alpha value is -5.16. The van der Waals surface area contributed by atoms with Crippen LogP contribution in [-0.4, -0.2) is 17.5 Å². The van der Waals surface area contributed by atoms with Crippen LogP contribution in [0, 0.1) is 10.1 Å². The summed E-state index contributed by atoms with van der Waals surface area (Å²) in [6, 6.07) is 38.9. The number of nitrogens with zero attached hydrogens (tertiary/aromatic N) is 3. The van der Waals surface area contributed by atoms with E-state index >= 15 is 0 Å².